The van der Waals surface area contributed by atoms with E-state index in [1.54, 1.807) is 0 Å². The number of rotatable bonds is 8. The number of benzene rings is 3. The van der Waals surface area contributed by atoms with Gasteiger partial charge in [-0.2, -0.15) is 0 Å². The molecule has 0 aliphatic carbocycles. The molecule has 0 bridgehead atoms. The third-order valence-electron chi connectivity index (χ3n) is 4.69. The van der Waals surface area contributed by atoms with Crippen LogP contribution in [0.4, 0.5) is 5.69 Å². The van der Waals surface area contributed by atoms with E-state index in [9.17, 15) is 0 Å². The van der Waals surface area contributed by atoms with E-state index in [2.05, 4.69) is 22.1 Å². The van der Waals surface area contributed by atoms with E-state index in [4.69, 9.17) is 21.7 Å². The molecule has 4 aromatic rings. The third-order valence-corrected chi connectivity index (χ3v) is 4.94. The molecule has 3 aromatic carbocycles. The molecule has 0 saturated heterocycles. The summed E-state index contributed by atoms with van der Waals surface area (Å²) >= 11 is 6.17. The predicted molar refractivity (Wildman–Crippen MR) is 127 cm³/mol. The van der Waals surface area contributed by atoms with Gasteiger partial charge in [0.05, 0.1) is 6.61 Å². The summed E-state index contributed by atoms with van der Waals surface area (Å²) < 4.78 is 7.36. The summed E-state index contributed by atoms with van der Waals surface area (Å²) in [6.45, 7) is 2.36. The first-order valence-electron chi connectivity index (χ1n) is 10.2. The molecule has 1 unspecified atom stereocenters. The Labute approximate surface area is 229 Å². The van der Waals surface area contributed by atoms with Gasteiger partial charge < -0.3 is 15.0 Å². The maximum Gasteiger partial charge on any atom is 1.00 e. The van der Waals surface area contributed by atoms with Crippen molar-refractivity contribution in [3.63, 3.8) is 0 Å². The predicted octanol–water partition coefficient (Wildman–Crippen LogP) is 0.704. The molecule has 0 saturated carbocycles. The monoisotopic (exact) mass is 454 g/mol. The number of halogens is 1. The van der Waals surface area contributed by atoms with Crippen LogP contribution in [0.15, 0.2) is 97.0 Å². The van der Waals surface area contributed by atoms with Gasteiger partial charge >= 0.3 is 37.7 Å². The molecule has 0 amide bonds. The average molecular weight is 455 g/mol. The van der Waals surface area contributed by atoms with Crippen molar-refractivity contribution in [1.29, 1.82) is 0 Å². The Balaban J connectivity index is 0.00000204. The fraction of sp³-hybridized carbons (Fsp3) is 0.115. The first kappa shape index (κ1) is 27.6. The molecule has 0 aliphatic rings. The van der Waals surface area contributed by atoms with Crippen LogP contribution in [0.5, 0.6) is 0 Å². The van der Waals surface area contributed by atoms with Gasteiger partial charge in [0.2, 0.25) is 5.88 Å². The van der Waals surface area contributed by atoms with Gasteiger partial charge in [0, 0.05) is 5.02 Å². The molecule has 1 aromatic heterocycles. The quantitative estimate of drug-likeness (QED) is 0.170. The van der Waals surface area contributed by atoms with Crippen LogP contribution in [0.25, 0.3) is 16.8 Å². The summed E-state index contributed by atoms with van der Waals surface area (Å²) in [5, 5.41) is 9.84. The Morgan fingerprint density at radius 3 is 2.24 bits per heavy atom. The second kappa shape index (κ2) is 14.0. The van der Waals surface area contributed by atoms with Crippen LogP contribution in [0.1, 0.15) is 24.1 Å². The SMILES string of the molecule is CCOC(=C=C(c1ccccc1)C([N-]c1ccccc1)c1ccc(Cl)cc1)n1cn[c-]n1.[Li+].[Li+]. The molecule has 1 atom stereocenters. The molecule has 5 nitrogen and oxygen atoms in total. The van der Waals surface area contributed by atoms with E-state index in [1.807, 2.05) is 91.9 Å². The summed E-state index contributed by atoms with van der Waals surface area (Å²) in [5.41, 5.74) is 7.06. The topological polar surface area (TPSA) is 54.0 Å². The number of ether oxygens (including phenoxy) is 1. The van der Waals surface area contributed by atoms with Crippen molar-refractivity contribution in [2.45, 2.75) is 13.0 Å². The van der Waals surface area contributed by atoms with Gasteiger partial charge in [0.15, 0.2) is 0 Å². The maximum absolute atomic E-state index is 6.17. The number of para-hydroxylation sites is 1. The van der Waals surface area contributed by atoms with Crippen LogP contribution in [0, 0.1) is 6.33 Å². The zero-order chi connectivity index (χ0) is 22.2. The largest absolute Gasteiger partial charge is 1.00 e. The maximum atomic E-state index is 6.17. The Bertz CT molecular complexity index is 1190. The smallest absolute Gasteiger partial charge is 0.674 e. The van der Waals surface area contributed by atoms with E-state index in [0.29, 0.717) is 17.5 Å². The number of hydrogen-bond acceptors (Lipinski definition) is 3. The molecule has 0 fully saturated rings. The van der Waals surface area contributed by atoms with Crippen molar-refractivity contribution in [2.24, 2.45) is 0 Å². The molecular formula is C26H21ClLi2N4O. The van der Waals surface area contributed by atoms with Gasteiger partial charge in [-0.25, -0.2) is 0 Å². The fourth-order valence-electron chi connectivity index (χ4n) is 3.22. The minimum Gasteiger partial charge on any atom is -0.674 e. The van der Waals surface area contributed by atoms with Crippen LogP contribution in [-0.2, 0) is 4.74 Å². The Kier molecular flexibility index (Phi) is 11.3. The van der Waals surface area contributed by atoms with E-state index in [-0.39, 0.29) is 43.8 Å². The first-order valence-corrected chi connectivity index (χ1v) is 10.6. The second-order valence-corrected chi connectivity index (χ2v) is 7.29. The average Bonchev–Trinajstić information content (AvgIpc) is 3.37. The summed E-state index contributed by atoms with van der Waals surface area (Å²) in [6.07, 6.45) is 4.10. The first-order chi connectivity index (χ1) is 15.7. The van der Waals surface area contributed by atoms with Crippen molar-refractivity contribution < 1.29 is 42.5 Å². The van der Waals surface area contributed by atoms with Gasteiger partial charge in [0.25, 0.3) is 0 Å². The summed E-state index contributed by atoms with van der Waals surface area (Å²) in [6, 6.07) is 27.2. The summed E-state index contributed by atoms with van der Waals surface area (Å²) in [5.74, 6) is 0.419. The second-order valence-electron chi connectivity index (χ2n) is 6.85. The molecule has 160 valence electrons. The fourth-order valence-corrected chi connectivity index (χ4v) is 3.35. The van der Waals surface area contributed by atoms with Gasteiger partial charge in [-0.15, -0.1) is 5.69 Å². The van der Waals surface area contributed by atoms with Gasteiger partial charge in [-0.3, -0.25) is 9.78 Å². The van der Waals surface area contributed by atoms with Gasteiger partial charge in [-0.05, 0) is 42.8 Å². The van der Waals surface area contributed by atoms with Crippen molar-refractivity contribution in [2.75, 3.05) is 6.61 Å². The Morgan fingerprint density at radius 2 is 1.65 bits per heavy atom. The van der Waals surface area contributed by atoms with Crippen LogP contribution >= 0.6 is 11.6 Å². The number of hydrogen-bond donors (Lipinski definition) is 0. The molecule has 34 heavy (non-hydrogen) atoms. The summed E-state index contributed by atoms with van der Waals surface area (Å²) in [7, 11) is 0. The normalized spacial score (nSPS) is 10.6. The van der Waals surface area contributed by atoms with E-state index in [0.717, 1.165) is 22.4 Å². The minimum atomic E-state index is -0.361. The third kappa shape index (κ3) is 7.20. The molecule has 0 spiro atoms. The van der Waals surface area contributed by atoms with Crippen molar-refractivity contribution >= 4 is 28.7 Å². The molecule has 1 heterocycles. The van der Waals surface area contributed by atoms with Crippen molar-refractivity contribution in [1.82, 2.24) is 14.8 Å². The van der Waals surface area contributed by atoms with Crippen molar-refractivity contribution in [3.05, 3.63) is 125 Å². The van der Waals surface area contributed by atoms with Crippen LogP contribution in [-0.4, -0.2) is 21.4 Å². The molecular weight excluding hydrogens is 434 g/mol. The van der Waals surface area contributed by atoms with Crippen LogP contribution < -0.4 is 37.7 Å². The Morgan fingerprint density at radius 1 is 1.00 bits per heavy atom. The zero-order valence-corrected chi connectivity index (χ0v) is 20.3. The van der Waals surface area contributed by atoms with Crippen molar-refractivity contribution in [3.8, 4) is 0 Å². The summed E-state index contributed by atoms with van der Waals surface area (Å²) in [4.78, 5) is 3.92. The Hall–Kier alpha value is -2.60. The molecule has 8 heteroatoms. The van der Waals surface area contributed by atoms with E-state index < -0.39 is 0 Å². The zero-order valence-electron chi connectivity index (χ0n) is 19.5. The number of aromatic nitrogens is 3. The van der Waals surface area contributed by atoms with E-state index >= 15 is 0 Å². The number of nitrogens with zero attached hydrogens (tertiary/aromatic N) is 4. The molecule has 4 rings (SSSR count). The molecule has 0 N–H and O–H groups in total. The van der Waals surface area contributed by atoms with Gasteiger partial charge in [-0.1, -0.05) is 102 Å². The van der Waals surface area contributed by atoms with Crippen LogP contribution in [0.3, 0.4) is 0 Å². The minimum absolute atomic E-state index is 0. The standard InChI is InChI=1S/C26H21ClN4O.2Li/c1-2-32-25(31-19-28-18-29-31)17-24(20-9-5-3-6-10-20)26(21-13-15-22(27)16-14-21)30-23-11-7-4-8-12-23;;/h3-16,19,26H,2H2,1H3;;/q-2;2*+1. The van der Waals surface area contributed by atoms with Gasteiger partial charge in [0.1, 0.15) is 0 Å². The van der Waals surface area contributed by atoms with E-state index in [1.165, 1.54) is 11.0 Å². The molecule has 0 radical (unpaired) electrons. The molecule has 0 aliphatic heterocycles. The van der Waals surface area contributed by atoms with Crippen LogP contribution in [0.2, 0.25) is 5.02 Å².